The number of nitrogens with one attached hydrogen (secondary N) is 1. The Labute approximate surface area is 166 Å². The molecule has 28 heavy (non-hydrogen) atoms. The summed E-state index contributed by atoms with van der Waals surface area (Å²) in [6, 6.07) is 10.6. The van der Waals surface area contributed by atoms with Crippen molar-refractivity contribution in [1.82, 2.24) is 20.4 Å². The first-order chi connectivity index (χ1) is 13.6. The minimum Gasteiger partial charge on any atom is -0.423 e. The number of amides is 1. The molecule has 2 fully saturated rings. The van der Waals surface area contributed by atoms with Gasteiger partial charge in [-0.3, -0.25) is 4.79 Å². The molecule has 6 heteroatoms. The highest BCUT2D eigenvalue weighted by Gasteiger charge is 2.37. The predicted octanol–water partition coefficient (Wildman–Crippen LogP) is 3.64. The van der Waals surface area contributed by atoms with Crippen molar-refractivity contribution in [2.45, 2.75) is 57.4 Å². The van der Waals surface area contributed by atoms with Crippen molar-refractivity contribution in [3.05, 3.63) is 47.7 Å². The number of benzene rings is 1. The lowest BCUT2D eigenvalue weighted by atomic mass is 9.85. The Morgan fingerprint density at radius 2 is 1.96 bits per heavy atom. The molecule has 0 aliphatic carbocycles. The monoisotopic (exact) mass is 382 g/mol. The van der Waals surface area contributed by atoms with Gasteiger partial charge in [-0.25, -0.2) is 0 Å². The van der Waals surface area contributed by atoms with Gasteiger partial charge in [-0.1, -0.05) is 44.2 Å². The van der Waals surface area contributed by atoms with E-state index in [0.717, 1.165) is 25.8 Å². The van der Waals surface area contributed by atoms with Crippen molar-refractivity contribution >= 4 is 5.91 Å². The molecule has 2 aliphatic heterocycles. The van der Waals surface area contributed by atoms with Gasteiger partial charge in [-0.15, -0.1) is 10.2 Å². The van der Waals surface area contributed by atoms with E-state index < -0.39 is 0 Å². The fraction of sp³-hybridized carbons (Fsp3) is 0.591. The van der Waals surface area contributed by atoms with Crippen LogP contribution in [0.3, 0.4) is 0 Å². The number of aromatic nitrogens is 2. The first-order valence-electron chi connectivity index (χ1n) is 10.5. The van der Waals surface area contributed by atoms with E-state index in [1.54, 1.807) is 0 Å². The van der Waals surface area contributed by atoms with Crippen molar-refractivity contribution in [3.63, 3.8) is 0 Å². The number of carbonyl (C=O) groups excluding carboxylic acids is 1. The van der Waals surface area contributed by atoms with E-state index in [4.69, 9.17) is 4.42 Å². The van der Waals surface area contributed by atoms with E-state index in [0.29, 0.717) is 43.1 Å². The number of carbonyl (C=O) groups is 1. The minimum atomic E-state index is 0.0567. The molecule has 2 aliphatic rings. The van der Waals surface area contributed by atoms with Gasteiger partial charge in [0.2, 0.25) is 17.7 Å². The second kappa shape index (κ2) is 8.43. The molecule has 4 rings (SSSR count). The third kappa shape index (κ3) is 4.12. The number of hydrogen-bond acceptors (Lipinski definition) is 5. The summed E-state index contributed by atoms with van der Waals surface area (Å²) >= 11 is 0. The van der Waals surface area contributed by atoms with Crippen molar-refractivity contribution < 1.29 is 9.21 Å². The molecule has 2 saturated heterocycles. The lowest BCUT2D eigenvalue weighted by Crippen LogP contribution is -2.48. The van der Waals surface area contributed by atoms with Crippen LogP contribution in [0.1, 0.15) is 74.8 Å². The largest absolute Gasteiger partial charge is 0.423 e. The van der Waals surface area contributed by atoms with Gasteiger partial charge in [0.25, 0.3) is 0 Å². The Morgan fingerprint density at radius 1 is 1.21 bits per heavy atom. The molecule has 0 spiro atoms. The van der Waals surface area contributed by atoms with Gasteiger partial charge in [0, 0.05) is 25.4 Å². The summed E-state index contributed by atoms with van der Waals surface area (Å²) in [4.78, 5) is 14.1. The summed E-state index contributed by atoms with van der Waals surface area (Å²) in [5, 5.41) is 12.2. The molecule has 1 aromatic carbocycles. The van der Waals surface area contributed by atoms with Crippen LogP contribution in [-0.2, 0) is 4.79 Å². The van der Waals surface area contributed by atoms with Crippen molar-refractivity contribution in [2.24, 2.45) is 5.92 Å². The topological polar surface area (TPSA) is 71.3 Å². The van der Waals surface area contributed by atoms with Crippen LogP contribution in [0, 0.1) is 5.92 Å². The van der Waals surface area contributed by atoms with E-state index in [1.807, 2.05) is 11.0 Å². The van der Waals surface area contributed by atoms with E-state index in [9.17, 15) is 4.79 Å². The second-order valence-electron chi connectivity index (χ2n) is 8.50. The van der Waals surface area contributed by atoms with Gasteiger partial charge in [-0.2, -0.15) is 0 Å². The maximum absolute atomic E-state index is 12.2. The summed E-state index contributed by atoms with van der Waals surface area (Å²) in [6.45, 7) is 6.65. The molecule has 2 aromatic rings. The number of hydrogen-bond donors (Lipinski definition) is 1. The Balaban J connectivity index is 1.38. The van der Waals surface area contributed by atoms with Gasteiger partial charge in [0.05, 0.1) is 12.0 Å². The zero-order chi connectivity index (χ0) is 19.5. The Bertz CT molecular complexity index is 783. The van der Waals surface area contributed by atoms with E-state index in [-0.39, 0.29) is 17.9 Å². The molecule has 0 bridgehead atoms. The van der Waals surface area contributed by atoms with Crippen molar-refractivity contribution in [1.29, 1.82) is 0 Å². The van der Waals surface area contributed by atoms with Crippen LogP contribution in [0.2, 0.25) is 0 Å². The Kier molecular flexibility index (Phi) is 5.76. The van der Waals surface area contributed by atoms with E-state index in [2.05, 4.69) is 53.6 Å². The summed E-state index contributed by atoms with van der Waals surface area (Å²) in [6.07, 6.45) is 3.83. The number of piperidine rings is 1. The first-order valence-corrected chi connectivity index (χ1v) is 10.5. The SMILES string of the molecule is CC(C)CCC(=O)N1CC(c2nnc([C@H]3NCCC[C@H]3c3ccccc3)o2)C1. The standard InChI is InChI=1S/C22H30N4O2/c1-15(2)10-11-19(27)26-13-17(14-26)21-24-25-22(28-21)20-18(9-6-12-23-20)16-7-4-3-5-8-16/h3-5,7-8,15,17-18,20,23H,6,9-14H2,1-2H3/t18-,20-/m0/s1. The highest BCUT2D eigenvalue weighted by Crippen LogP contribution is 2.37. The maximum atomic E-state index is 12.2. The lowest BCUT2D eigenvalue weighted by molar-refractivity contribution is -0.136. The molecule has 1 N–H and O–H groups in total. The molecule has 6 nitrogen and oxygen atoms in total. The zero-order valence-corrected chi connectivity index (χ0v) is 16.8. The van der Waals surface area contributed by atoms with Crippen LogP contribution in [0.4, 0.5) is 0 Å². The van der Waals surface area contributed by atoms with Gasteiger partial charge in [0.15, 0.2) is 0 Å². The van der Waals surface area contributed by atoms with Gasteiger partial charge in [-0.05, 0) is 37.3 Å². The Morgan fingerprint density at radius 3 is 2.71 bits per heavy atom. The molecule has 150 valence electrons. The van der Waals surface area contributed by atoms with Crippen LogP contribution in [-0.4, -0.2) is 40.6 Å². The molecule has 3 heterocycles. The molecule has 1 aromatic heterocycles. The maximum Gasteiger partial charge on any atom is 0.234 e. The third-order valence-electron chi connectivity index (χ3n) is 5.93. The normalized spacial score (nSPS) is 23.0. The molecule has 0 saturated carbocycles. The van der Waals surface area contributed by atoms with Crippen molar-refractivity contribution in [2.75, 3.05) is 19.6 Å². The Hall–Kier alpha value is -2.21. The van der Waals surface area contributed by atoms with Gasteiger partial charge >= 0.3 is 0 Å². The zero-order valence-electron chi connectivity index (χ0n) is 16.8. The first kappa shape index (κ1) is 19.1. The summed E-state index contributed by atoms with van der Waals surface area (Å²) in [7, 11) is 0. The molecule has 0 unspecified atom stereocenters. The van der Waals surface area contributed by atoms with Crippen LogP contribution < -0.4 is 5.32 Å². The minimum absolute atomic E-state index is 0.0567. The number of likely N-dealkylation sites (tertiary alicyclic amines) is 1. The molecular formula is C22H30N4O2. The van der Waals surface area contributed by atoms with Crippen LogP contribution in [0.25, 0.3) is 0 Å². The third-order valence-corrected chi connectivity index (χ3v) is 5.93. The average molecular weight is 383 g/mol. The molecule has 0 radical (unpaired) electrons. The number of rotatable bonds is 6. The summed E-state index contributed by atoms with van der Waals surface area (Å²) in [5.74, 6) is 2.65. The van der Waals surface area contributed by atoms with Crippen LogP contribution >= 0.6 is 0 Å². The van der Waals surface area contributed by atoms with Gasteiger partial charge < -0.3 is 14.6 Å². The highest BCUT2D eigenvalue weighted by atomic mass is 16.4. The smallest absolute Gasteiger partial charge is 0.234 e. The van der Waals surface area contributed by atoms with Gasteiger partial charge in [0.1, 0.15) is 0 Å². The number of nitrogens with zero attached hydrogens (tertiary/aromatic N) is 3. The van der Waals surface area contributed by atoms with Crippen molar-refractivity contribution in [3.8, 4) is 0 Å². The average Bonchev–Trinajstić information content (AvgIpc) is 3.15. The summed E-state index contributed by atoms with van der Waals surface area (Å²) < 4.78 is 6.08. The fourth-order valence-corrected chi connectivity index (χ4v) is 4.15. The predicted molar refractivity (Wildman–Crippen MR) is 107 cm³/mol. The fourth-order valence-electron chi connectivity index (χ4n) is 4.15. The summed E-state index contributed by atoms with van der Waals surface area (Å²) in [5.41, 5.74) is 1.31. The highest BCUT2D eigenvalue weighted by molar-refractivity contribution is 5.77. The lowest BCUT2D eigenvalue weighted by Gasteiger charge is -2.37. The molecular weight excluding hydrogens is 352 g/mol. The molecule has 1 amide bonds. The van der Waals surface area contributed by atoms with E-state index in [1.165, 1.54) is 5.56 Å². The second-order valence-corrected chi connectivity index (χ2v) is 8.50. The molecule has 2 atom stereocenters. The quantitative estimate of drug-likeness (QED) is 0.826. The van der Waals surface area contributed by atoms with Crippen LogP contribution in [0.5, 0.6) is 0 Å². The van der Waals surface area contributed by atoms with Crippen LogP contribution in [0.15, 0.2) is 34.7 Å². The van der Waals surface area contributed by atoms with E-state index >= 15 is 0 Å².